The van der Waals surface area contributed by atoms with Crippen molar-refractivity contribution in [1.29, 1.82) is 0 Å². The number of benzene rings is 1. The first kappa shape index (κ1) is 11.7. The molecule has 0 radical (unpaired) electrons. The maximum atomic E-state index is 13.2. The first-order chi connectivity index (χ1) is 7.15. The van der Waals surface area contributed by atoms with Crippen LogP contribution in [0.2, 0.25) is 0 Å². The number of amides is 1. The van der Waals surface area contributed by atoms with Gasteiger partial charge in [-0.2, -0.15) is 0 Å². The summed E-state index contributed by atoms with van der Waals surface area (Å²) in [5.41, 5.74) is 5.55. The minimum absolute atomic E-state index is 0.199. The number of rotatable bonds is 4. The molecule has 82 valence electrons. The minimum atomic E-state index is -0.425. The number of nitrogens with two attached hydrogens (primary N) is 1. The molecule has 0 aromatic heterocycles. The van der Waals surface area contributed by atoms with Crippen LogP contribution in [-0.4, -0.2) is 12.5 Å². The first-order valence-corrected chi connectivity index (χ1v) is 4.90. The maximum absolute atomic E-state index is 13.2. The summed E-state index contributed by atoms with van der Waals surface area (Å²) >= 11 is 0. The smallest absolute Gasteiger partial charge is 0.227 e. The Hall–Kier alpha value is -1.42. The summed E-state index contributed by atoms with van der Waals surface area (Å²) in [5.74, 6) is -0.828. The van der Waals surface area contributed by atoms with E-state index in [0.717, 1.165) is 0 Å². The van der Waals surface area contributed by atoms with Crippen LogP contribution in [0, 0.1) is 11.7 Å². The van der Waals surface area contributed by atoms with Gasteiger partial charge in [0.1, 0.15) is 5.82 Å². The van der Waals surface area contributed by atoms with E-state index in [1.807, 2.05) is 0 Å². The highest BCUT2D eigenvalue weighted by Crippen LogP contribution is 2.14. The molecule has 4 heteroatoms. The van der Waals surface area contributed by atoms with Gasteiger partial charge in [-0.3, -0.25) is 4.79 Å². The van der Waals surface area contributed by atoms with Crippen LogP contribution < -0.4 is 11.1 Å². The van der Waals surface area contributed by atoms with Gasteiger partial charge < -0.3 is 11.1 Å². The molecule has 1 aromatic rings. The van der Waals surface area contributed by atoms with Crippen LogP contribution in [0.3, 0.4) is 0 Å². The molecule has 1 unspecified atom stereocenters. The van der Waals surface area contributed by atoms with Crippen LogP contribution >= 0.6 is 0 Å². The molecule has 0 aliphatic carbocycles. The molecular formula is C11H15FN2O. The van der Waals surface area contributed by atoms with Crippen LogP contribution in [0.5, 0.6) is 0 Å². The standard InChI is InChI=1S/C11H15FN2O/c1-8(6-7-13)11(15)14-10-5-3-2-4-9(10)12/h2-5,8H,6-7,13H2,1H3,(H,14,15). The molecule has 3 nitrogen and oxygen atoms in total. The molecule has 0 bridgehead atoms. The number of halogens is 1. The first-order valence-electron chi connectivity index (χ1n) is 4.90. The van der Waals surface area contributed by atoms with Crippen molar-refractivity contribution in [1.82, 2.24) is 0 Å². The highest BCUT2D eigenvalue weighted by atomic mass is 19.1. The topological polar surface area (TPSA) is 55.1 Å². The van der Waals surface area contributed by atoms with Crippen molar-refractivity contribution >= 4 is 11.6 Å². The summed E-state index contributed by atoms with van der Waals surface area (Å²) in [5, 5.41) is 2.53. The Morgan fingerprint density at radius 3 is 2.80 bits per heavy atom. The minimum Gasteiger partial charge on any atom is -0.330 e. The fourth-order valence-electron chi connectivity index (χ4n) is 1.20. The zero-order valence-electron chi connectivity index (χ0n) is 8.66. The summed E-state index contributed by atoms with van der Waals surface area (Å²) < 4.78 is 13.2. The van der Waals surface area contributed by atoms with Crippen molar-refractivity contribution in [2.75, 3.05) is 11.9 Å². The maximum Gasteiger partial charge on any atom is 0.227 e. The van der Waals surface area contributed by atoms with E-state index >= 15 is 0 Å². The van der Waals surface area contributed by atoms with Gasteiger partial charge in [0.05, 0.1) is 5.69 Å². The quantitative estimate of drug-likeness (QED) is 0.795. The van der Waals surface area contributed by atoms with Crippen molar-refractivity contribution < 1.29 is 9.18 Å². The van der Waals surface area contributed by atoms with Gasteiger partial charge in [-0.15, -0.1) is 0 Å². The molecule has 0 saturated carbocycles. The third-order valence-electron chi connectivity index (χ3n) is 2.18. The van der Waals surface area contributed by atoms with E-state index in [0.29, 0.717) is 13.0 Å². The highest BCUT2D eigenvalue weighted by molar-refractivity contribution is 5.92. The summed E-state index contributed by atoms with van der Waals surface area (Å²) in [4.78, 5) is 11.5. The largest absolute Gasteiger partial charge is 0.330 e. The van der Waals surface area contributed by atoms with Gasteiger partial charge in [0.15, 0.2) is 0 Å². The second-order valence-electron chi connectivity index (χ2n) is 3.45. The zero-order chi connectivity index (χ0) is 11.3. The van der Waals surface area contributed by atoms with E-state index in [9.17, 15) is 9.18 Å². The Morgan fingerprint density at radius 1 is 1.53 bits per heavy atom. The van der Waals surface area contributed by atoms with Gasteiger partial charge in [0, 0.05) is 5.92 Å². The van der Waals surface area contributed by atoms with Gasteiger partial charge in [-0.05, 0) is 25.1 Å². The van der Waals surface area contributed by atoms with E-state index in [4.69, 9.17) is 5.73 Å². The third-order valence-corrected chi connectivity index (χ3v) is 2.18. The molecule has 1 aromatic carbocycles. The van der Waals surface area contributed by atoms with Crippen LogP contribution in [0.1, 0.15) is 13.3 Å². The normalized spacial score (nSPS) is 12.2. The van der Waals surface area contributed by atoms with Gasteiger partial charge in [0.25, 0.3) is 0 Å². The average molecular weight is 210 g/mol. The predicted octanol–water partition coefficient (Wildman–Crippen LogP) is 1.75. The van der Waals surface area contributed by atoms with Crippen molar-refractivity contribution in [3.8, 4) is 0 Å². The van der Waals surface area contributed by atoms with Crippen molar-refractivity contribution in [2.24, 2.45) is 11.7 Å². The molecule has 0 aliphatic rings. The summed E-state index contributed by atoms with van der Waals surface area (Å²) in [6, 6.07) is 6.09. The lowest BCUT2D eigenvalue weighted by atomic mass is 10.1. The van der Waals surface area contributed by atoms with Gasteiger partial charge >= 0.3 is 0 Å². The van der Waals surface area contributed by atoms with E-state index in [-0.39, 0.29) is 17.5 Å². The molecule has 0 heterocycles. The molecule has 1 amide bonds. The number of hydrogen-bond donors (Lipinski definition) is 2. The molecule has 1 rings (SSSR count). The Bertz CT molecular complexity index is 341. The Labute approximate surface area is 88.5 Å². The second-order valence-corrected chi connectivity index (χ2v) is 3.45. The Kier molecular flexibility index (Phi) is 4.24. The van der Waals surface area contributed by atoms with E-state index in [2.05, 4.69) is 5.32 Å². The fourth-order valence-corrected chi connectivity index (χ4v) is 1.20. The molecule has 0 saturated heterocycles. The SMILES string of the molecule is CC(CCN)C(=O)Nc1ccccc1F. The van der Waals surface area contributed by atoms with Gasteiger partial charge in [-0.1, -0.05) is 19.1 Å². The van der Waals surface area contributed by atoms with Crippen molar-refractivity contribution in [3.05, 3.63) is 30.1 Å². The fraction of sp³-hybridized carbons (Fsp3) is 0.364. The lowest BCUT2D eigenvalue weighted by molar-refractivity contribution is -0.119. The number of nitrogens with one attached hydrogen (secondary N) is 1. The molecule has 3 N–H and O–H groups in total. The van der Waals surface area contributed by atoms with Gasteiger partial charge in [0.2, 0.25) is 5.91 Å². The summed E-state index contributed by atoms with van der Waals surface area (Å²) in [6.07, 6.45) is 0.598. The average Bonchev–Trinajstić information content (AvgIpc) is 2.21. The summed E-state index contributed by atoms with van der Waals surface area (Å²) in [6.45, 7) is 2.22. The molecular weight excluding hydrogens is 195 g/mol. The zero-order valence-corrected chi connectivity index (χ0v) is 8.66. The number of carbonyl (C=O) groups excluding carboxylic acids is 1. The van der Waals surface area contributed by atoms with E-state index < -0.39 is 5.82 Å². The number of anilines is 1. The van der Waals surface area contributed by atoms with Crippen LogP contribution in [-0.2, 0) is 4.79 Å². The molecule has 0 fully saturated rings. The van der Waals surface area contributed by atoms with Crippen LogP contribution in [0.15, 0.2) is 24.3 Å². The van der Waals surface area contributed by atoms with E-state index in [1.165, 1.54) is 12.1 Å². The highest BCUT2D eigenvalue weighted by Gasteiger charge is 2.13. The van der Waals surface area contributed by atoms with E-state index in [1.54, 1.807) is 19.1 Å². The van der Waals surface area contributed by atoms with Crippen molar-refractivity contribution in [2.45, 2.75) is 13.3 Å². The second kappa shape index (κ2) is 5.46. The molecule has 0 aliphatic heterocycles. The lowest BCUT2D eigenvalue weighted by Gasteiger charge is -2.11. The molecule has 0 spiro atoms. The molecule has 1 atom stereocenters. The van der Waals surface area contributed by atoms with Crippen LogP contribution in [0.4, 0.5) is 10.1 Å². The van der Waals surface area contributed by atoms with Crippen molar-refractivity contribution in [3.63, 3.8) is 0 Å². The number of carbonyl (C=O) groups is 1. The predicted molar refractivity (Wildman–Crippen MR) is 57.9 cm³/mol. The molecule has 15 heavy (non-hydrogen) atoms. The third kappa shape index (κ3) is 3.32. The Morgan fingerprint density at radius 2 is 2.20 bits per heavy atom. The number of hydrogen-bond acceptors (Lipinski definition) is 2. The lowest BCUT2D eigenvalue weighted by Crippen LogP contribution is -2.23. The summed E-state index contributed by atoms with van der Waals surface area (Å²) in [7, 11) is 0. The number of para-hydroxylation sites is 1. The monoisotopic (exact) mass is 210 g/mol. The van der Waals surface area contributed by atoms with Gasteiger partial charge in [-0.25, -0.2) is 4.39 Å². The van der Waals surface area contributed by atoms with Crippen LogP contribution in [0.25, 0.3) is 0 Å². The Balaban J connectivity index is 2.62.